The van der Waals surface area contributed by atoms with Crippen LogP contribution in [0.3, 0.4) is 0 Å². The third kappa shape index (κ3) is 4.17. The van der Waals surface area contributed by atoms with Gasteiger partial charge in [-0.15, -0.1) is 0 Å². The summed E-state index contributed by atoms with van der Waals surface area (Å²) in [5.74, 6) is 0.681. The molecule has 3 rings (SSSR count). The largest absolute Gasteiger partial charge is 0.396 e. The van der Waals surface area contributed by atoms with E-state index in [9.17, 15) is 9.90 Å². The Morgan fingerprint density at radius 3 is 2.33 bits per heavy atom. The number of benzene rings is 1. The first kappa shape index (κ1) is 17.4. The van der Waals surface area contributed by atoms with Crippen LogP contribution in [-0.2, 0) is 6.54 Å². The van der Waals surface area contributed by atoms with Crippen molar-refractivity contribution in [1.29, 1.82) is 0 Å². The molecular weight excluding hydrogens is 300 g/mol. The maximum atomic E-state index is 12.4. The zero-order chi connectivity index (χ0) is 16.9. The molecule has 1 aromatic carbocycles. The van der Waals surface area contributed by atoms with Crippen LogP contribution in [0.2, 0.25) is 0 Å². The Hall–Kier alpha value is -1.39. The summed E-state index contributed by atoms with van der Waals surface area (Å²) in [6.45, 7) is 3.06. The Balaban J connectivity index is 1.53. The van der Waals surface area contributed by atoms with E-state index in [0.717, 1.165) is 50.9 Å². The zero-order valence-electron chi connectivity index (χ0n) is 14.8. The van der Waals surface area contributed by atoms with E-state index in [4.69, 9.17) is 0 Å². The summed E-state index contributed by atoms with van der Waals surface area (Å²) in [5.41, 5.74) is 2.08. The fourth-order valence-corrected chi connectivity index (χ4v) is 4.04. The highest BCUT2D eigenvalue weighted by Crippen LogP contribution is 2.27. The van der Waals surface area contributed by atoms with Gasteiger partial charge in [0.1, 0.15) is 0 Å². The Morgan fingerprint density at radius 1 is 1.12 bits per heavy atom. The number of carbonyl (C=O) groups is 1. The second-order valence-corrected chi connectivity index (χ2v) is 7.47. The maximum absolute atomic E-state index is 12.4. The van der Waals surface area contributed by atoms with E-state index in [1.165, 1.54) is 18.4 Å². The molecule has 132 valence electrons. The van der Waals surface area contributed by atoms with Crippen molar-refractivity contribution in [3.63, 3.8) is 0 Å². The summed E-state index contributed by atoms with van der Waals surface area (Å²) in [6, 6.07) is 8.76. The predicted molar refractivity (Wildman–Crippen MR) is 95.9 cm³/mol. The van der Waals surface area contributed by atoms with Gasteiger partial charge in [-0.2, -0.15) is 0 Å². The number of nitrogens with zero attached hydrogens (tertiary/aromatic N) is 2. The van der Waals surface area contributed by atoms with Crippen molar-refractivity contribution in [1.82, 2.24) is 9.80 Å². The van der Waals surface area contributed by atoms with E-state index in [0.29, 0.717) is 18.6 Å². The van der Waals surface area contributed by atoms with E-state index in [1.54, 1.807) is 0 Å². The molecule has 0 spiro atoms. The summed E-state index contributed by atoms with van der Waals surface area (Å²) >= 11 is 0. The van der Waals surface area contributed by atoms with E-state index in [-0.39, 0.29) is 5.91 Å². The lowest BCUT2D eigenvalue weighted by Gasteiger charge is -2.34. The number of aliphatic hydroxyl groups excluding tert-OH is 1. The number of hydrogen-bond donors (Lipinski definition) is 1. The third-order valence-corrected chi connectivity index (χ3v) is 5.72. The molecule has 0 bridgehead atoms. The van der Waals surface area contributed by atoms with Crippen LogP contribution in [0.4, 0.5) is 0 Å². The monoisotopic (exact) mass is 330 g/mol. The van der Waals surface area contributed by atoms with Crippen LogP contribution in [0, 0.1) is 5.92 Å². The van der Waals surface area contributed by atoms with Crippen molar-refractivity contribution >= 4 is 5.91 Å². The smallest absolute Gasteiger partial charge is 0.253 e. The summed E-state index contributed by atoms with van der Waals surface area (Å²) in [5, 5.41) is 9.26. The van der Waals surface area contributed by atoms with Crippen LogP contribution in [-0.4, -0.2) is 53.6 Å². The lowest BCUT2D eigenvalue weighted by atomic mass is 9.86. The minimum Gasteiger partial charge on any atom is -0.396 e. The standard InChI is InChI=1S/C20H30N2O2/c1-21(19-10-6-17(15-23)7-11-19)14-16-4-8-18(9-5-16)20(24)22-12-2-3-13-22/h4-5,8-9,17,19,23H,2-3,6-7,10-15H2,1H3. The first-order chi connectivity index (χ1) is 11.7. The van der Waals surface area contributed by atoms with Crippen LogP contribution in [0.15, 0.2) is 24.3 Å². The molecule has 1 N–H and O–H groups in total. The van der Waals surface area contributed by atoms with E-state index in [2.05, 4.69) is 24.1 Å². The highest BCUT2D eigenvalue weighted by molar-refractivity contribution is 5.94. The number of amides is 1. The van der Waals surface area contributed by atoms with Gasteiger partial charge in [-0.1, -0.05) is 12.1 Å². The Labute approximate surface area is 145 Å². The van der Waals surface area contributed by atoms with Crippen LogP contribution in [0.25, 0.3) is 0 Å². The molecule has 1 aliphatic heterocycles. The summed E-state index contributed by atoms with van der Waals surface area (Å²) in [4.78, 5) is 16.8. The van der Waals surface area contributed by atoms with Gasteiger partial charge in [-0.3, -0.25) is 9.69 Å². The van der Waals surface area contributed by atoms with Crippen molar-refractivity contribution in [2.45, 2.75) is 51.1 Å². The second kappa shape index (κ2) is 8.13. The molecule has 0 unspecified atom stereocenters. The lowest BCUT2D eigenvalue weighted by Crippen LogP contribution is -2.35. The summed E-state index contributed by atoms with van der Waals surface area (Å²) in [7, 11) is 2.19. The van der Waals surface area contributed by atoms with Crippen molar-refractivity contribution in [3.05, 3.63) is 35.4 Å². The van der Waals surface area contributed by atoms with Crippen LogP contribution >= 0.6 is 0 Å². The number of carbonyl (C=O) groups excluding carboxylic acids is 1. The van der Waals surface area contributed by atoms with E-state index >= 15 is 0 Å². The Kier molecular flexibility index (Phi) is 5.90. The average molecular weight is 330 g/mol. The van der Waals surface area contributed by atoms with Gasteiger partial charge in [0, 0.05) is 37.8 Å². The minimum atomic E-state index is 0.176. The molecule has 0 aromatic heterocycles. The number of aliphatic hydroxyl groups is 1. The first-order valence-electron chi connectivity index (χ1n) is 9.36. The maximum Gasteiger partial charge on any atom is 0.253 e. The topological polar surface area (TPSA) is 43.8 Å². The van der Waals surface area contributed by atoms with Gasteiger partial charge in [0.2, 0.25) is 0 Å². The molecule has 4 nitrogen and oxygen atoms in total. The molecule has 24 heavy (non-hydrogen) atoms. The SMILES string of the molecule is CN(Cc1ccc(C(=O)N2CCCC2)cc1)C1CCC(CO)CC1. The van der Waals surface area contributed by atoms with Crippen molar-refractivity contribution in [2.75, 3.05) is 26.7 Å². The predicted octanol–water partition coefficient (Wildman–Crippen LogP) is 2.91. The van der Waals surface area contributed by atoms with Crippen LogP contribution in [0.5, 0.6) is 0 Å². The molecular formula is C20H30N2O2. The Morgan fingerprint density at radius 2 is 1.75 bits per heavy atom. The molecule has 1 saturated heterocycles. The van der Waals surface area contributed by atoms with Gasteiger partial charge in [0.25, 0.3) is 5.91 Å². The Bertz CT molecular complexity index is 529. The normalized spacial score (nSPS) is 24.5. The average Bonchev–Trinajstić information content (AvgIpc) is 3.16. The third-order valence-electron chi connectivity index (χ3n) is 5.72. The molecule has 0 atom stereocenters. The summed E-state index contributed by atoms with van der Waals surface area (Å²) < 4.78 is 0. The van der Waals surface area contributed by atoms with Gasteiger partial charge in [0.05, 0.1) is 0 Å². The van der Waals surface area contributed by atoms with Crippen LogP contribution < -0.4 is 0 Å². The highest BCUT2D eigenvalue weighted by atomic mass is 16.3. The number of hydrogen-bond acceptors (Lipinski definition) is 3. The van der Waals surface area contributed by atoms with E-state index in [1.807, 2.05) is 17.0 Å². The summed E-state index contributed by atoms with van der Waals surface area (Å²) in [6.07, 6.45) is 6.88. The molecule has 1 aromatic rings. The fraction of sp³-hybridized carbons (Fsp3) is 0.650. The zero-order valence-corrected chi connectivity index (χ0v) is 14.8. The minimum absolute atomic E-state index is 0.176. The number of rotatable bonds is 5. The molecule has 1 aliphatic carbocycles. The molecule has 2 aliphatic rings. The molecule has 4 heteroatoms. The highest BCUT2D eigenvalue weighted by Gasteiger charge is 2.24. The number of likely N-dealkylation sites (tertiary alicyclic amines) is 1. The van der Waals surface area contributed by atoms with Crippen molar-refractivity contribution in [2.24, 2.45) is 5.92 Å². The lowest BCUT2D eigenvalue weighted by molar-refractivity contribution is 0.0792. The van der Waals surface area contributed by atoms with Gasteiger partial charge in [-0.05, 0) is 69.2 Å². The quantitative estimate of drug-likeness (QED) is 0.903. The second-order valence-electron chi connectivity index (χ2n) is 7.47. The van der Waals surface area contributed by atoms with Crippen molar-refractivity contribution in [3.8, 4) is 0 Å². The molecule has 1 amide bonds. The van der Waals surface area contributed by atoms with Crippen molar-refractivity contribution < 1.29 is 9.90 Å². The van der Waals surface area contributed by atoms with Gasteiger partial charge >= 0.3 is 0 Å². The van der Waals surface area contributed by atoms with Gasteiger partial charge < -0.3 is 10.0 Å². The van der Waals surface area contributed by atoms with Gasteiger partial charge in [-0.25, -0.2) is 0 Å². The molecule has 0 radical (unpaired) electrons. The van der Waals surface area contributed by atoms with E-state index < -0.39 is 0 Å². The first-order valence-corrected chi connectivity index (χ1v) is 9.36. The molecule has 2 fully saturated rings. The molecule has 1 saturated carbocycles. The van der Waals surface area contributed by atoms with Crippen LogP contribution in [0.1, 0.15) is 54.4 Å². The molecule has 1 heterocycles. The van der Waals surface area contributed by atoms with Gasteiger partial charge in [0.15, 0.2) is 0 Å². The fourth-order valence-electron chi connectivity index (χ4n) is 4.04.